The van der Waals surface area contributed by atoms with Crippen LogP contribution in [0.5, 0.6) is 0 Å². The average Bonchev–Trinajstić information content (AvgIpc) is 1.38. The van der Waals surface area contributed by atoms with E-state index < -0.39 is 6.16 Å². The van der Waals surface area contributed by atoms with E-state index in [-0.39, 0.29) is 68.9 Å². The van der Waals surface area contributed by atoms with E-state index in [1.807, 2.05) is 0 Å². The summed E-state index contributed by atoms with van der Waals surface area (Å²) in [5, 5.41) is 9.03. The van der Waals surface area contributed by atoms with Gasteiger partial charge in [0.05, 0.1) is 0 Å². The summed E-state index contributed by atoms with van der Waals surface area (Å²) in [6.07, 6.45) is -1.50. The van der Waals surface area contributed by atoms with E-state index in [4.69, 9.17) is 9.90 Å². The SMILES string of the molecule is COC(=O)[O-].[Cs+]. The molecule has 0 heterocycles. The largest absolute Gasteiger partial charge is 1.00 e. The van der Waals surface area contributed by atoms with Gasteiger partial charge in [0.15, 0.2) is 0 Å². The van der Waals surface area contributed by atoms with Crippen molar-refractivity contribution in [3.05, 3.63) is 0 Å². The molecular formula is C2H3CsO3. The van der Waals surface area contributed by atoms with Gasteiger partial charge in [0, 0.05) is 7.11 Å². The van der Waals surface area contributed by atoms with Gasteiger partial charge in [-0.05, 0) is 0 Å². The second kappa shape index (κ2) is 6.32. The second-order valence-corrected chi connectivity index (χ2v) is 0.454. The van der Waals surface area contributed by atoms with E-state index in [2.05, 4.69) is 4.74 Å². The predicted molar refractivity (Wildman–Crippen MR) is 12.4 cm³/mol. The molecule has 0 saturated carbocycles. The van der Waals surface area contributed by atoms with Crippen molar-refractivity contribution in [3.63, 3.8) is 0 Å². The zero-order valence-electron chi connectivity index (χ0n) is 3.72. The van der Waals surface area contributed by atoms with E-state index >= 15 is 0 Å². The molecule has 0 aliphatic heterocycles. The first-order chi connectivity index (χ1) is 2.27. The Kier molecular flexibility index (Phi) is 10.9. The van der Waals surface area contributed by atoms with E-state index in [0.29, 0.717) is 0 Å². The molecule has 6 heavy (non-hydrogen) atoms. The van der Waals surface area contributed by atoms with E-state index in [9.17, 15) is 0 Å². The zero-order valence-corrected chi connectivity index (χ0v) is 10.0. The van der Waals surface area contributed by atoms with Gasteiger partial charge in [-0.15, -0.1) is 0 Å². The molecular weight excluding hydrogens is 205 g/mol. The molecule has 0 atom stereocenters. The second-order valence-electron chi connectivity index (χ2n) is 0.454. The summed E-state index contributed by atoms with van der Waals surface area (Å²) in [5.41, 5.74) is 0. The molecule has 4 heteroatoms. The van der Waals surface area contributed by atoms with Gasteiger partial charge in [-0.1, -0.05) is 0 Å². The number of rotatable bonds is 0. The summed E-state index contributed by atoms with van der Waals surface area (Å²) < 4.78 is 3.56. The maximum Gasteiger partial charge on any atom is 1.00 e. The van der Waals surface area contributed by atoms with Crippen LogP contribution in [-0.2, 0) is 4.74 Å². The first-order valence-electron chi connectivity index (χ1n) is 1.02. The van der Waals surface area contributed by atoms with Gasteiger partial charge >= 0.3 is 68.9 Å². The standard InChI is InChI=1S/C2H4O3.Cs/c1-5-2(3)4;/h1H3,(H,3,4);/q;+1/p-1. The van der Waals surface area contributed by atoms with E-state index in [1.165, 1.54) is 0 Å². The number of carbonyl (C=O) groups excluding carboxylic acids is 1. The molecule has 0 spiro atoms. The third-order valence-electron chi connectivity index (χ3n) is 0.167. The number of hydrogen-bond acceptors (Lipinski definition) is 3. The smallest absolute Gasteiger partial charge is 0.553 e. The molecule has 0 unspecified atom stereocenters. The number of hydrogen-bond donors (Lipinski definition) is 0. The Morgan fingerprint density at radius 3 is 2.00 bits per heavy atom. The molecule has 0 bridgehead atoms. The number of carbonyl (C=O) groups is 1. The normalized spacial score (nSPS) is 5.50. The molecule has 30 valence electrons. The van der Waals surface area contributed by atoms with Crippen molar-refractivity contribution in [1.29, 1.82) is 0 Å². The number of carboxylic acid groups (broad SMARTS) is 1. The molecule has 0 N–H and O–H groups in total. The summed E-state index contributed by atoms with van der Waals surface area (Å²) >= 11 is 0. The van der Waals surface area contributed by atoms with Crippen LogP contribution in [0.25, 0.3) is 0 Å². The van der Waals surface area contributed by atoms with Crippen molar-refractivity contribution in [1.82, 2.24) is 0 Å². The minimum absolute atomic E-state index is 0. The van der Waals surface area contributed by atoms with Crippen LogP contribution in [0.4, 0.5) is 4.79 Å². The maximum absolute atomic E-state index is 9.03. The van der Waals surface area contributed by atoms with Crippen molar-refractivity contribution in [2.24, 2.45) is 0 Å². The van der Waals surface area contributed by atoms with Crippen molar-refractivity contribution in [2.45, 2.75) is 0 Å². The average molecular weight is 208 g/mol. The maximum atomic E-state index is 9.03. The van der Waals surface area contributed by atoms with Crippen LogP contribution in [0.1, 0.15) is 0 Å². The summed E-state index contributed by atoms with van der Waals surface area (Å²) in [4.78, 5) is 9.03. The van der Waals surface area contributed by atoms with E-state index in [1.54, 1.807) is 0 Å². The first-order valence-corrected chi connectivity index (χ1v) is 1.02. The molecule has 0 amide bonds. The molecule has 0 radical (unpaired) electrons. The fourth-order valence-electron chi connectivity index (χ4n) is 0. The summed E-state index contributed by atoms with van der Waals surface area (Å²) in [6.45, 7) is 0. The quantitative estimate of drug-likeness (QED) is 0.381. The van der Waals surface area contributed by atoms with Crippen molar-refractivity contribution < 1.29 is 83.5 Å². The summed E-state index contributed by atoms with van der Waals surface area (Å²) in [5.74, 6) is 0. The number of ether oxygens (including phenoxy) is 1. The van der Waals surface area contributed by atoms with Gasteiger partial charge in [0.2, 0.25) is 0 Å². The molecule has 0 aromatic carbocycles. The van der Waals surface area contributed by atoms with Crippen LogP contribution in [0.2, 0.25) is 0 Å². The predicted octanol–water partition coefficient (Wildman–Crippen LogP) is -4.02. The third-order valence-corrected chi connectivity index (χ3v) is 0.167. The Bertz CT molecular complexity index is 44.1. The monoisotopic (exact) mass is 208 g/mol. The Labute approximate surface area is 94.5 Å². The summed E-state index contributed by atoms with van der Waals surface area (Å²) in [7, 11) is 1.04. The Hall–Kier alpha value is 1.32. The Morgan fingerprint density at radius 2 is 2.00 bits per heavy atom. The van der Waals surface area contributed by atoms with Gasteiger partial charge in [-0.2, -0.15) is 0 Å². The van der Waals surface area contributed by atoms with Crippen LogP contribution >= 0.6 is 0 Å². The minimum Gasteiger partial charge on any atom is -0.553 e. The fourth-order valence-corrected chi connectivity index (χ4v) is 0. The molecule has 0 saturated heterocycles. The van der Waals surface area contributed by atoms with Gasteiger partial charge < -0.3 is 14.6 Å². The molecule has 3 nitrogen and oxygen atoms in total. The molecule has 0 rings (SSSR count). The van der Waals surface area contributed by atoms with Crippen LogP contribution in [0.3, 0.4) is 0 Å². The van der Waals surface area contributed by atoms with Crippen molar-refractivity contribution in [2.75, 3.05) is 7.11 Å². The van der Waals surface area contributed by atoms with Crippen LogP contribution in [-0.4, -0.2) is 13.3 Å². The summed E-state index contributed by atoms with van der Waals surface area (Å²) in [6, 6.07) is 0. The van der Waals surface area contributed by atoms with Crippen molar-refractivity contribution in [3.8, 4) is 0 Å². The van der Waals surface area contributed by atoms with Gasteiger partial charge in [0.25, 0.3) is 6.16 Å². The molecule has 0 fully saturated rings. The fraction of sp³-hybridized carbons (Fsp3) is 0.500. The molecule has 0 aromatic rings. The third kappa shape index (κ3) is 9.01. The zero-order chi connectivity index (χ0) is 4.28. The van der Waals surface area contributed by atoms with Crippen LogP contribution in [0, 0.1) is 0 Å². The van der Waals surface area contributed by atoms with Crippen LogP contribution < -0.4 is 74.0 Å². The van der Waals surface area contributed by atoms with Gasteiger partial charge in [-0.25, -0.2) is 0 Å². The Morgan fingerprint density at radius 1 is 1.83 bits per heavy atom. The minimum atomic E-state index is -1.50. The van der Waals surface area contributed by atoms with E-state index in [0.717, 1.165) is 7.11 Å². The molecule has 0 aliphatic rings. The Balaban J connectivity index is 0. The van der Waals surface area contributed by atoms with Gasteiger partial charge in [-0.3, -0.25) is 0 Å². The first kappa shape index (κ1) is 10.3. The van der Waals surface area contributed by atoms with Crippen LogP contribution in [0.15, 0.2) is 0 Å². The van der Waals surface area contributed by atoms with Crippen molar-refractivity contribution >= 4 is 6.16 Å². The topological polar surface area (TPSA) is 49.4 Å². The number of methoxy groups -OCH3 is 1. The molecule has 0 aromatic heterocycles. The molecule has 0 aliphatic carbocycles. The van der Waals surface area contributed by atoms with Gasteiger partial charge in [0.1, 0.15) is 0 Å².